The molecule has 1 aliphatic rings. The highest BCUT2D eigenvalue weighted by molar-refractivity contribution is 5.79. The minimum absolute atomic E-state index is 0.729. The lowest BCUT2D eigenvalue weighted by Crippen LogP contribution is -2.44. The second-order valence-corrected chi connectivity index (χ2v) is 6.79. The van der Waals surface area contributed by atoms with Gasteiger partial charge in [0.2, 0.25) is 0 Å². The molecule has 2 rings (SSSR count). The summed E-state index contributed by atoms with van der Waals surface area (Å²) in [4.78, 5) is 6.88. The summed E-state index contributed by atoms with van der Waals surface area (Å²) in [5.41, 5.74) is 2.32. The molecule has 6 nitrogen and oxygen atoms in total. The molecule has 0 spiro atoms. The van der Waals surface area contributed by atoms with E-state index in [1.54, 1.807) is 0 Å². The molecule has 2 heterocycles. The molecule has 0 amide bonds. The van der Waals surface area contributed by atoms with Gasteiger partial charge in [-0.1, -0.05) is 6.92 Å². The molecule has 24 heavy (non-hydrogen) atoms. The number of rotatable bonds is 7. The van der Waals surface area contributed by atoms with Crippen LogP contribution in [0, 0.1) is 19.8 Å². The third-order valence-corrected chi connectivity index (χ3v) is 4.77. The van der Waals surface area contributed by atoms with Gasteiger partial charge in [0, 0.05) is 38.9 Å². The van der Waals surface area contributed by atoms with Gasteiger partial charge in [0.15, 0.2) is 5.96 Å². The first kappa shape index (κ1) is 18.8. The average molecular weight is 335 g/mol. The van der Waals surface area contributed by atoms with Crippen molar-refractivity contribution in [3.63, 3.8) is 0 Å². The Kier molecular flexibility index (Phi) is 7.56. The van der Waals surface area contributed by atoms with Crippen LogP contribution in [0.4, 0.5) is 0 Å². The predicted octanol–water partition coefficient (Wildman–Crippen LogP) is 1.79. The van der Waals surface area contributed by atoms with E-state index in [1.165, 1.54) is 31.6 Å². The van der Waals surface area contributed by atoms with E-state index >= 15 is 0 Å². The summed E-state index contributed by atoms with van der Waals surface area (Å²) in [6.07, 6.45) is 3.67. The highest BCUT2D eigenvalue weighted by atomic mass is 15.3. The van der Waals surface area contributed by atoms with Crippen LogP contribution in [0.1, 0.15) is 37.6 Å². The summed E-state index contributed by atoms with van der Waals surface area (Å²) in [6.45, 7) is 12.9. The van der Waals surface area contributed by atoms with Gasteiger partial charge in [-0.25, -0.2) is 0 Å². The van der Waals surface area contributed by atoms with Crippen LogP contribution in [0.5, 0.6) is 0 Å². The van der Waals surface area contributed by atoms with Gasteiger partial charge in [0.05, 0.1) is 5.69 Å². The number of aryl methyl sites for hydroxylation is 3. The zero-order valence-corrected chi connectivity index (χ0v) is 15.8. The Balaban J connectivity index is 1.64. The fraction of sp³-hybridized carbons (Fsp3) is 0.778. The Labute approximate surface area is 146 Å². The minimum atomic E-state index is 0.729. The monoisotopic (exact) mass is 334 g/mol. The van der Waals surface area contributed by atoms with Crippen molar-refractivity contribution in [3.05, 3.63) is 17.5 Å². The largest absolute Gasteiger partial charge is 0.356 e. The van der Waals surface area contributed by atoms with Gasteiger partial charge in [-0.3, -0.25) is 9.67 Å². The average Bonchev–Trinajstić information content (AvgIpc) is 2.92. The molecule has 1 aromatic heterocycles. The van der Waals surface area contributed by atoms with Gasteiger partial charge in [0.1, 0.15) is 0 Å². The second-order valence-electron chi connectivity index (χ2n) is 6.79. The predicted molar refractivity (Wildman–Crippen MR) is 101 cm³/mol. The van der Waals surface area contributed by atoms with Crippen LogP contribution in [0.25, 0.3) is 0 Å². The van der Waals surface area contributed by atoms with Crippen molar-refractivity contribution in [3.8, 4) is 0 Å². The molecule has 0 aromatic carbocycles. The van der Waals surface area contributed by atoms with Crippen LogP contribution in [0.15, 0.2) is 11.1 Å². The first-order valence-electron chi connectivity index (χ1n) is 9.30. The standard InChI is InChI=1S/C18H34N6/c1-5-23-10-6-8-17(14-23)13-21-18(19-4)20-9-7-11-24-16(3)12-15(2)22-24/h12,17H,5-11,13-14H2,1-4H3,(H2,19,20,21). The van der Waals surface area contributed by atoms with Crippen molar-refractivity contribution in [1.29, 1.82) is 0 Å². The highest BCUT2D eigenvalue weighted by Crippen LogP contribution is 2.15. The molecule has 1 aliphatic heterocycles. The summed E-state index contributed by atoms with van der Waals surface area (Å²) in [5.74, 6) is 1.64. The zero-order chi connectivity index (χ0) is 17.4. The van der Waals surface area contributed by atoms with E-state index in [-0.39, 0.29) is 0 Å². The van der Waals surface area contributed by atoms with Crippen molar-refractivity contribution in [1.82, 2.24) is 25.3 Å². The van der Waals surface area contributed by atoms with Crippen LogP contribution in [-0.2, 0) is 6.54 Å². The molecular formula is C18H34N6. The van der Waals surface area contributed by atoms with Crippen molar-refractivity contribution in [2.75, 3.05) is 39.8 Å². The molecule has 2 N–H and O–H groups in total. The lowest BCUT2D eigenvalue weighted by Gasteiger charge is -2.32. The number of piperidine rings is 1. The SMILES string of the molecule is CCN1CCCC(CNC(=NC)NCCCn2nc(C)cc2C)C1. The molecule has 1 aromatic rings. The van der Waals surface area contributed by atoms with Crippen LogP contribution in [0.3, 0.4) is 0 Å². The third kappa shape index (κ3) is 5.82. The number of aliphatic imine (C=N–C) groups is 1. The van der Waals surface area contributed by atoms with Gasteiger partial charge in [-0.05, 0) is 58.2 Å². The molecule has 136 valence electrons. The van der Waals surface area contributed by atoms with Crippen molar-refractivity contribution in [2.45, 2.75) is 46.6 Å². The molecule has 1 fully saturated rings. The summed E-state index contributed by atoms with van der Waals surface area (Å²) in [6, 6.07) is 2.12. The van der Waals surface area contributed by atoms with E-state index in [0.717, 1.165) is 50.2 Å². The number of hydrogen-bond acceptors (Lipinski definition) is 3. The van der Waals surface area contributed by atoms with Gasteiger partial charge in [-0.15, -0.1) is 0 Å². The molecule has 1 saturated heterocycles. The Bertz CT molecular complexity index is 522. The highest BCUT2D eigenvalue weighted by Gasteiger charge is 2.18. The van der Waals surface area contributed by atoms with Crippen LogP contribution >= 0.6 is 0 Å². The van der Waals surface area contributed by atoms with Crippen LogP contribution in [-0.4, -0.2) is 60.4 Å². The molecule has 0 aliphatic carbocycles. The van der Waals surface area contributed by atoms with E-state index in [4.69, 9.17) is 0 Å². The fourth-order valence-electron chi connectivity index (χ4n) is 3.40. The van der Waals surface area contributed by atoms with Crippen LogP contribution in [0.2, 0.25) is 0 Å². The summed E-state index contributed by atoms with van der Waals surface area (Å²) in [5, 5.41) is 11.4. The first-order valence-corrected chi connectivity index (χ1v) is 9.30. The van der Waals surface area contributed by atoms with E-state index in [9.17, 15) is 0 Å². The van der Waals surface area contributed by atoms with Gasteiger partial charge in [-0.2, -0.15) is 5.10 Å². The fourth-order valence-corrected chi connectivity index (χ4v) is 3.40. The molecule has 0 bridgehead atoms. The van der Waals surface area contributed by atoms with E-state index in [0.29, 0.717) is 0 Å². The summed E-state index contributed by atoms with van der Waals surface area (Å²) < 4.78 is 2.08. The Hall–Kier alpha value is -1.56. The molecular weight excluding hydrogens is 300 g/mol. The normalized spacial score (nSPS) is 19.5. The molecule has 0 radical (unpaired) electrons. The lowest BCUT2D eigenvalue weighted by molar-refractivity contribution is 0.183. The third-order valence-electron chi connectivity index (χ3n) is 4.77. The maximum absolute atomic E-state index is 4.50. The Morgan fingerprint density at radius 3 is 2.88 bits per heavy atom. The van der Waals surface area contributed by atoms with Gasteiger partial charge >= 0.3 is 0 Å². The molecule has 6 heteroatoms. The number of nitrogens with one attached hydrogen (secondary N) is 2. The quantitative estimate of drug-likeness (QED) is 0.453. The van der Waals surface area contributed by atoms with Gasteiger partial charge < -0.3 is 15.5 Å². The van der Waals surface area contributed by atoms with E-state index < -0.39 is 0 Å². The lowest BCUT2D eigenvalue weighted by atomic mass is 9.98. The second kappa shape index (κ2) is 9.67. The molecule has 0 saturated carbocycles. The zero-order valence-electron chi connectivity index (χ0n) is 15.8. The number of nitrogens with zero attached hydrogens (tertiary/aromatic N) is 4. The summed E-state index contributed by atoms with van der Waals surface area (Å²) in [7, 11) is 1.84. The van der Waals surface area contributed by atoms with Crippen molar-refractivity contribution >= 4 is 5.96 Å². The van der Waals surface area contributed by atoms with Gasteiger partial charge in [0.25, 0.3) is 0 Å². The summed E-state index contributed by atoms with van der Waals surface area (Å²) >= 11 is 0. The topological polar surface area (TPSA) is 57.5 Å². The van der Waals surface area contributed by atoms with Crippen molar-refractivity contribution < 1.29 is 0 Å². The Morgan fingerprint density at radius 2 is 2.21 bits per heavy atom. The smallest absolute Gasteiger partial charge is 0.190 e. The first-order chi connectivity index (χ1) is 11.6. The number of aromatic nitrogens is 2. The molecule has 1 unspecified atom stereocenters. The minimum Gasteiger partial charge on any atom is -0.356 e. The van der Waals surface area contributed by atoms with Crippen molar-refractivity contribution in [2.24, 2.45) is 10.9 Å². The number of guanidine groups is 1. The van der Waals surface area contributed by atoms with Crippen LogP contribution < -0.4 is 10.6 Å². The van der Waals surface area contributed by atoms with E-state index in [2.05, 4.69) is 50.2 Å². The maximum atomic E-state index is 4.50. The Morgan fingerprint density at radius 1 is 1.38 bits per heavy atom. The number of likely N-dealkylation sites (tertiary alicyclic amines) is 1. The molecule has 1 atom stereocenters. The van der Waals surface area contributed by atoms with E-state index in [1.807, 2.05) is 14.0 Å². The maximum Gasteiger partial charge on any atom is 0.190 e. The number of hydrogen-bond donors (Lipinski definition) is 2.